The lowest BCUT2D eigenvalue weighted by molar-refractivity contribution is -0.133. The van der Waals surface area contributed by atoms with Gasteiger partial charge in [0.25, 0.3) is 5.91 Å². The van der Waals surface area contributed by atoms with Crippen LogP contribution in [0.25, 0.3) is 0 Å². The van der Waals surface area contributed by atoms with Crippen LogP contribution in [-0.4, -0.2) is 59.5 Å². The van der Waals surface area contributed by atoms with Crippen LogP contribution in [0.1, 0.15) is 43.5 Å². The van der Waals surface area contributed by atoms with Gasteiger partial charge in [-0.15, -0.1) is 0 Å². The third-order valence-electron chi connectivity index (χ3n) is 5.36. The normalized spacial score (nSPS) is 21.1. The van der Waals surface area contributed by atoms with Gasteiger partial charge in [0.15, 0.2) is 11.5 Å². The Balaban J connectivity index is 1.81. The number of benzene rings is 1. The highest BCUT2D eigenvalue weighted by molar-refractivity contribution is 5.95. The molecule has 0 radical (unpaired) electrons. The molecule has 0 spiro atoms. The molecule has 0 unspecified atom stereocenters. The van der Waals surface area contributed by atoms with Crippen molar-refractivity contribution in [2.45, 2.75) is 39.2 Å². The van der Waals surface area contributed by atoms with Crippen LogP contribution in [0.4, 0.5) is 0 Å². The summed E-state index contributed by atoms with van der Waals surface area (Å²) in [5.74, 6) is 1.21. The van der Waals surface area contributed by atoms with Gasteiger partial charge < -0.3 is 19.6 Å². The van der Waals surface area contributed by atoms with Crippen molar-refractivity contribution in [1.82, 2.24) is 9.80 Å². The summed E-state index contributed by atoms with van der Waals surface area (Å²) in [4.78, 5) is 29.5. The highest BCUT2D eigenvalue weighted by Crippen LogP contribution is 2.32. The summed E-state index contributed by atoms with van der Waals surface area (Å²) >= 11 is 0. The summed E-state index contributed by atoms with van der Waals surface area (Å²) in [6.07, 6.45) is 2.76. The molecule has 0 aromatic heterocycles. The molecule has 1 aromatic rings. The predicted octanol–water partition coefficient (Wildman–Crippen LogP) is 2.51. The van der Waals surface area contributed by atoms with Gasteiger partial charge in [-0.3, -0.25) is 9.59 Å². The summed E-state index contributed by atoms with van der Waals surface area (Å²) in [7, 11) is 1.46. The van der Waals surface area contributed by atoms with Crippen molar-refractivity contribution in [2.24, 2.45) is 11.8 Å². The number of aromatic hydroxyl groups is 1. The monoisotopic (exact) mass is 360 g/mol. The molecule has 1 aromatic carbocycles. The molecule has 2 aliphatic rings. The van der Waals surface area contributed by atoms with Gasteiger partial charge in [0.2, 0.25) is 5.91 Å². The molecule has 2 amide bonds. The zero-order valence-corrected chi connectivity index (χ0v) is 15.8. The van der Waals surface area contributed by atoms with Gasteiger partial charge in [-0.2, -0.15) is 0 Å². The van der Waals surface area contributed by atoms with Crippen LogP contribution in [0.15, 0.2) is 18.2 Å². The van der Waals surface area contributed by atoms with E-state index in [2.05, 4.69) is 13.8 Å². The Labute approximate surface area is 154 Å². The molecule has 1 aliphatic heterocycles. The molecule has 26 heavy (non-hydrogen) atoms. The summed E-state index contributed by atoms with van der Waals surface area (Å²) < 4.78 is 5.11. The quantitative estimate of drug-likeness (QED) is 0.876. The SMILES string of the molecule is COc1cc(C(=O)N2CCC(=O)N(CC3CC3)[C@H](C(C)C)C2)ccc1O. The highest BCUT2D eigenvalue weighted by Gasteiger charge is 2.36. The van der Waals surface area contributed by atoms with Crippen LogP contribution in [-0.2, 0) is 4.79 Å². The van der Waals surface area contributed by atoms with Gasteiger partial charge in [-0.05, 0) is 42.9 Å². The first-order valence-corrected chi connectivity index (χ1v) is 9.36. The number of nitrogens with zero attached hydrogens (tertiary/aromatic N) is 2. The third kappa shape index (κ3) is 3.94. The molecule has 3 rings (SSSR count). The number of phenols is 1. The van der Waals surface area contributed by atoms with Crippen molar-refractivity contribution in [3.8, 4) is 11.5 Å². The fourth-order valence-corrected chi connectivity index (χ4v) is 3.54. The van der Waals surface area contributed by atoms with E-state index >= 15 is 0 Å². The Morgan fingerprint density at radius 1 is 1.35 bits per heavy atom. The minimum Gasteiger partial charge on any atom is -0.504 e. The lowest BCUT2D eigenvalue weighted by Crippen LogP contribution is -2.48. The van der Waals surface area contributed by atoms with Crippen LogP contribution in [0, 0.1) is 11.8 Å². The molecule has 1 N–H and O–H groups in total. The number of ether oxygens (including phenoxy) is 1. The van der Waals surface area contributed by atoms with Crippen LogP contribution in [0.5, 0.6) is 11.5 Å². The van der Waals surface area contributed by atoms with Gasteiger partial charge in [-0.1, -0.05) is 13.8 Å². The van der Waals surface area contributed by atoms with Gasteiger partial charge in [0, 0.05) is 31.6 Å². The van der Waals surface area contributed by atoms with Crippen molar-refractivity contribution >= 4 is 11.8 Å². The van der Waals surface area contributed by atoms with Crippen molar-refractivity contribution in [2.75, 3.05) is 26.7 Å². The number of methoxy groups -OCH3 is 1. The average Bonchev–Trinajstić information content (AvgIpc) is 3.44. The number of hydrogen-bond donors (Lipinski definition) is 1. The third-order valence-corrected chi connectivity index (χ3v) is 5.36. The van der Waals surface area contributed by atoms with E-state index in [1.807, 2.05) is 4.90 Å². The lowest BCUT2D eigenvalue weighted by Gasteiger charge is -2.34. The van der Waals surface area contributed by atoms with Crippen molar-refractivity contribution in [3.63, 3.8) is 0 Å². The van der Waals surface area contributed by atoms with Crippen molar-refractivity contribution in [1.29, 1.82) is 0 Å². The van der Waals surface area contributed by atoms with Crippen LogP contribution in [0.2, 0.25) is 0 Å². The standard InChI is InChI=1S/C20H28N2O4/c1-13(2)16-12-21(9-8-19(24)22(16)11-14-4-5-14)20(25)15-6-7-17(23)18(10-15)26-3/h6-7,10,13-14,16,23H,4-5,8-9,11-12H2,1-3H3/t16-/m0/s1. The lowest BCUT2D eigenvalue weighted by atomic mass is 10.0. The molecular weight excluding hydrogens is 332 g/mol. The van der Waals surface area contributed by atoms with E-state index < -0.39 is 0 Å². The number of hydrogen-bond acceptors (Lipinski definition) is 4. The van der Waals surface area contributed by atoms with Crippen LogP contribution in [0.3, 0.4) is 0 Å². The highest BCUT2D eigenvalue weighted by atomic mass is 16.5. The Kier molecular flexibility index (Phi) is 5.39. The Morgan fingerprint density at radius 3 is 2.69 bits per heavy atom. The molecule has 6 nitrogen and oxygen atoms in total. The number of carbonyl (C=O) groups is 2. The van der Waals surface area contributed by atoms with E-state index in [-0.39, 0.29) is 35.3 Å². The van der Waals surface area contributed by atoms with Gasteiger partial charge in [0.1, 0.15) is 0 Å². The van der Waals surface area contributed by atoms with E-state index in [1.165, 1.54) is 26.0 Å². The Morgan fingerprint density at radius 2 is 2.08 bits per heavy atom. The zero-order valence-electron chi connectivity index (χ0n) is 15.8. The molecule has 142 valence electrons. The minimum atomic E-state index is -0.130. The van der Waals surface area contributed by atoms with E-state index in [1.54, 1.807) is 17.0 Å². The van der Waals surface area contributed by atoms with E-state index in [9.17, 15) is 14.7 Å². The zero-order chi connectivity index (χ0) is 18.8. The van der Waals surface area contributed by atoms with Gasteiger partial charge in [-0.25, -0.2) is 0 Å². The fourth-order valence-electron chi connectivity index (χ4n) is 3.54. The number of carbonyl (C=O) groups excluding carboxylic acids is 2. The van der Waals surface area contributed by atoms with Crippen LogP contribution >= 0.6 is 0 Å². The molecule has 1 saturated heterocycles. The molecule has 0 bridgehead atoms. The van der Waals surface area contributed by atoms with Gasteiger partial charge in [0.05, 0.1) is 13.2 Å². The molecule has 1 heterocycles. The summed E-state index contributed by atoms with van der Waals surface area (Å²) in [6, 6.07) is 4.65. The van der Waals surface area contributed by atoms with Crippen molar-refractivity contribution < 1.29 is 19.4 Å². The minimum absolute atomic E-state index is 0.00533. The van der Waals surface area contributed by atoms with Gasteiger partial charge >= 0.3 is 0 Å². The maximum absolute atomic E-state index is 13.0. The molecular formula is C20H28N2O4. The maximum Gasteiger partial charge on any atom is 0.254 e. The Bertz CT molecular complexity index is 684. The first-order valence-electron chi connectivity index (χ1n) is 9.36. The predicted molar refractivity (Wildman–Crippen MR) is 98.2 cm³/mol. The van der Waals surface area contributed by atoms with E-state index in [0.717, 1.165) is 6.54 Å². The first kappa shape index (κ1) is 18.5. The second-order valence-electron chi connectivity index (χ2n) is 7.69. The summed E-state index contributed by atoms with van der Waals surface area (Å²) in [6.45, 7) is 5.99. The van der Waals surface area contributed by atoms with E-state index in [0.29, 0.717) is 31.0 Å². The summed E-state index contributed by atoms with van der Waals surface area (Å²) in [5.41, 5.74) is 0.463. The van der Waals surface area contributed by atoms with Crippen molar-refractivity contribution in [3.05, 3.63) is 23.8 Å². The molecule has 6 heteroatoms. The molecule has 2 fully saturated rings. The average molecular weight is 360 g/mol. The molecule has 1 atom stereocenters. The summed E-state index contributed by atoms with van der Waals surface area (Å²) in [5, 5.41) is 9.74. The largest absolute Gasteiger partial charge is 0.504 e. The topological polar surface area (TPSA) is 70.1 Å². The fraction of sp³-hybridized carbons (Fsp3) is 0.600. The number of rotatable bonds is 5. The smallest absolute Gasteiger partial charge is 0.254 e. The Hall–Kier alpha value is -2.24. The number of phenolic OH excluding ortho intramolecular Hbond substituents is 1. The number of amides is 2. The second kappa shape index (κ2) is 7.56. The maximum atomic E-state index is 13.0. The molecule has 1 aliphatic carbocycles. The molecule has 1 saturated carbocycles. The first-order chi connectivity index (χ1) is 12.4. The van der Waals surface area contributed by atoms with Crippen LogP contribution < -0.4 is 4.74 Å². The van der Waals surface area contributed by atoms with E-state index in [4.69, 9.17) is 4.74 Å². The second-order valence-corrected chi connectivity index (χ2v) is 7.69.